The highest BCUT2D eigenvalue weighted by Crippen LogP contribution is 2.45. The molecule has 0 saturated carbocycles. The molecule has 5 heterocycles. The number of nitrogen functional groups attached to an aromatic ring is 1. The molecule has 8 nitrogen and oxygen atoms in total. The first-order valence-corrected chi connectivity index (χ1v) is 11.6. The zero-order valence-electron chi connectivity index (χ0n) is 18.1. The second-order valence-corrected chi connectivity index (χ2v) is 9.58. The molecule has 6 rings (SSSR count). The fourth-order valence-electron chi connectivity index (χ4n) is 4.63. The summed E-state index contributed by atoms with van der Waals surface area (Å²) in [5.41, 5.74) is 5.67. The number of hydrogen-bond acceptors (Lipinski definition) is 9. The summed E-state index contributed by atoms with van der Waals surface area (Å²) >= 11 is 0.903. The maximum Gasteiger partial charge on any atom is 0.317 e. The van der Waals surface area contributed by atoms with Crippen molar-refractivity contribution in [1.29, 1.82) is 5.26 Å². The van der Waals surface area contributed by atoms with Crippen LogP contribution in [0.3, 0.4) is 0 Å². The van der Waals surface area contributed by atoms with Gasteiger partial charge < -0.3 is 20.5 Å². The third kappa shape index (κ3) is 3.38. The van der Waals surface area contributed by atoms with Crippen LogP contribution < -0.4 is 15.8 Å². The van der Waals surface area contributed by atoms with Gasteiger partial charge in [-0.05, 0) is 24.1 Å². The fourth-order valence-corrected chi connectivity index (χ4v) is 5.55. The summed E-state index contributed by atoms with van der Waals surface area (Å²) in [6, 6.07) is 1.81. The highest BCUT2D eigenvalue weighted by Gasteiger charge is 2.35. The molecule has 0 spiro atoms. The molecular weight excluding hydrogens is 481 g/mol. The molecule has 1 aromatic carbocycles. The average Bonchev–Trinajstić information content (AvgIpc) is 3.58. The van der Waals surface area contributed by atoms with Crippen LogP contribution in [0.25, 0.3) is 32.2 Å². The van der Waals surface area contributed by atoms with Gasteiger partial charge in [0.05, 0.1) is 35.4 Å². The van der Waals surface area contributed by atoms with Gasteiger partial charge in [0.1, 0.15) is 23.2 Å². The normalized spacial score (nSPS) is 19.4. The van der Waals surface area contributed by atoms with Crippen LogP contribution in [0, 0.1) is 23.0 Å². The number of hydrogen-bond donors (Lipinski definition) is 2. The van der Waals surface area contributed by atoms with Gasteiger partial charge in [-0.1, -0.05) is 0 Å². The van der Waals surface area contributed by atoms with E-state index in [0.717, 1.165) is 17.5 Å². The summed E-state index contributed by atoms with van der Waals surface area (Å²) in [4.78, 5) is 12.5. The van der Waals surface area contributed by atoms with E-state index in [2.05, 4.69) is 20.3 Å². The standard InChI is InChI=1S/C23H17F3N6O2S/c24-14-5-30-19(16-10(3-27)21(28)35-20(14)16)15-13-7-33-6-12(13)11-4-31-22(32-18(11)17(15)25)34-9-23(26)1-2-29-8-23/h4-5,29H,1-2,6-9,28H2. The molecule has 12 heteroatoms. The fraction of sp³-hybridized carbons (Fsp3) is 0.304. The monoisotopic (exact) mass is 498 g/mol. The number of pyridine rings is 1. The molecule has 1 fully saturated rings. The number of nitrogens with two attached hydrogens (primary N) is 1. The summed E-state index contributed by atoms with van der Waals surface area (Å²) in [5, 5.41) is 13.3. The lowest BCUT2D eigenvalue weighted by atomic mass is 9.94. The van der Waals surface area contributed by atoms with E-state index < -0.39 is 17.3 Å². The Bertz CT molecular complexity index is 1560. The minimum atomic E-state index is -1.55. The first-order chi connectivity index (χ1) is 16.9. The van der Waals surface area contributed by atoms with E-state index in [-0.39, 0.29) is 69.8 Å². The van der Waals surface area contributed by atoms with Crippen LogP contribution >= 0.6 is 11.3 Å². The molecule has 0 radical (unpaired) electrons. The van der Waals surface area contributed by atoms with Gasteiger partial charge in [0.25, 0.3) is 0 Å². The molecule has 3 N–H and O–H groups in total. The van der Waals surface area contributed by atoms with E-state index in [9.17, 15) is 14.0 Å². The number of nitriles is 1. The van der Waals surface area contributed by atoms with Crippen LogP contribution in [0.1, 0.15) is 23.1 Å². The van der Waals surface area contributed by atoms with Crippen molar-refractivity contribution in [2.24, 2.45) is 0 Å². The molecule has 4 aromatic rings. The number of aromatic nitrogens is 3. The number of rotatable bonds is 4. The number of halogens is 3. The van der Waals surface area contributed by atoms with E-state index in [0.29, 0.717) is 29.5 Å². The average molecular weight is 498 g/mol. The van der Waals surface area contributed by atoms with E-state index in [1.807, 2.05) is 6.07 Å². The smallest absolute Gasteiger partial charge is 0.317 e. The van der Waals surface area contributed by atoms with Crippen molar-refractivity contribution in [1.82, 2.24) is 20.3 Å². The molecule has 1 saturated heterocycles. The lowest BCUT2D eigenvalue weighted by Gasteiger charge is -2.18. The summed E-state index contributed by atoms with van der Waals surface area (Å²) in [6.45, 7) is 0.701. The predicted molar refractivity (Wildman–Crippen MR) is 123 cm³/mol. The Morgan fingerprint density at radius 2 is 2.09 bits per heavy atom. The number of anilines is 1. The van der Waals surface area contributed by atoms with Gasteiger partial charge in [-0.2, -0.15) is 10.2 Å². The molecule has 0 aliphatic carbocycles. The first kappa shape index (κ1) is 22.0. The molecule has 2 aliphatic rings. The van der Waals surface area contributed by atoms with Crippen LogP contribution in [0.5, 0.6) is 6.01 Å². The van der Waals surface area contributed by atoms with Crippen molar-refractivity contribution in [3.63, 3.8) is 0 Å². The highest BCUT2D eigenvalue weighted by atomic mass is 32.1. The SMILES string of the molecule is N#Cc1c(N)sc2c(F)cnc(-c3c4c(c5cnc(OCC6(F)CCNC6)nc5c3F)COC4)c12. The zero-order valence-corrected chi connectivity index (χ0v) is 18.9. The van der Waals surface area contributed by atoms with Gasteiger partial charge in [-0.25, -0.2) is 18.2 Å². The Labute approximate surface area is 200 Å². The van der Waals surface area contributed by atoms with Crippen LogP contribution in [0.15, 0.2) is 12.4 Å². The van der Waals surface area contributed by atoms with Gasteiger partial charge in [-0.3, -0.25) is 4.98 Å². The third-order valence-electron chi connectivity index (χ3n) is 6.37. The highest BCUT2D eigenvalue weighted by molar-refractivity contribution is 7.23. The lowest BCUT2D eigenvalue weighted by Crippen LogP contribution is -2.33. The first-order valence-electron chi connectivity index (χ1n) is 10.8. The number of ether oxygens (including phenoxy) is 2. The molecule has 3 aromatic heterocycles. The molecule has 2 aliphatic heterocycles. The van der Waals surface area contributed by atoms with Crippen molar-refractivity contribution >= 4 is 37.3 Å². The van der Waals surface area contributed by atoms with Crippen LogP contribution in [-0.4, -0.2) is 40.3 Å². The lowest BCUT2D eigenvalue weighted by molar-refractivity contribution is 0.0975. The number of thiophene rings is 1. The number of alkyl halides is 1. The number of nitrogens with one attached hydrogen (secondary N) is 1. The second-order valence-electron chi connectivity index (χ2n) is 8.53. The second kappa shape index (κ2) is 8.01. The molecule has 1 unspecified atom stereocenters. The topological polar surface area (TPSA) is 119 Å². The molecule has 0 amide bonds. The van der Waals surface area contributed by atoms with Crippen LogP contribution in [-0.2, 0) is 18.0 Å². The van der Waals surface area contributed by atoms with Gasteiger partial charge >= 0.3 is 6.01 Å². The van der Waals surface area contributed by atoms with Crippen molar-refractivity contribution < 1.29 is 22.6 Å². The molecular formula is C23H17F3N6O2S. The van der Waals surface area contributed by atoms with E-state index in [4.69, 9.17) is 15.2 Å². The van der Waals surface area contributed by atoms with Crippen molar-refractivity contribution in [3.05, 3.63) is 40.7 Å². The Morgan fingerprint density at radius 1 is 1.26 bits per heavy atom. The Hall–Kier alpha value is -3.53. The molecule has 1 atom stereocenters. The van der Waals surface area contributed by atoms with Gasteiger partial charge in [0.15, 0.2) is 17.3 Å². The largest absolute Gasteiger partial charge is 0.460 e. The van der Waals surface area contributed by atoms with Crippen LogP contribution in [0.4, 0.5) is 18.2 Å². The quantitative estimate of drug-likeness (QED) is 0.437. The van der Waals surface area contributed by atoms with Crippen LogP contribution in [0.2, 0.25) is 0 Å². The molecule has 0 bridgehead atoms. The minimum absolute atomic E-state index is 0.0317. The predicted octanol–water partition coefficient (Wildman–Crippen LogP) is 3.75. The Kier molecular flexibility index (Phi) is 5.03. The summed E-state index contributed by atoms with van der Waals surface area (Å²) < 4.78 is 56.6. The van der Waals surface area contributed by atoms with E-state index in [1.165, 1.54) is 6.20 Å². The Balaban J connectivity index is 1.55. The summed E-state index contributed by atoms with van der Waals surface area (Å²) in [6.07, 6.45) is 2.69. The number of benzene rings is 1. The minimum Gasteiger partial charge on any atom is -0.460 e. The number of fused-ring (bicyclic) bond motifs is 4. The van der Waals surface area contributed by atoms with Crippen molar-refractivity contribution in [2.75, 3.05) is 25.4 Å². The third-order valence-corrected chi connectivity index (χ3v) is 7.40. The molecule has 178 valence electrons. The Morgan fingerprint density at radius 3 is 2.86 bits per heavy atom. The van der Waals surface area contributed by atoms with E-state index >= 15 is 4.39 Å². The van der Waals surface area contributed by atoms with Gasteiger partial charge in [0.2, 0.25) is 0 Å². The molecule has 35 heavy (non-hydrogen) atoms. The maximum atomic E-state index is 16.1. The van der Waals surface area contributed by atoms with Crippen molar-refractivity contribution in [2.45, 2.75) is 25.3 Å². The zero-order chi connectivity index (χ0) is 24.3. The van der Waals surface area contributed by atoms with Crippen molar-refractivity contribution in [3.8, 4) is 23.3 Å². The maximum absolute atomic E-state index is 16.1. The summed E-state index contributed by atoms with van der Waals surface area (Å²) in [5.74, 6) is -1.40. The van der Waals surface area contributed by atoms with Gasteiger partial charge in [0, 0.05) is 29.1 Å². The number of nitrogens with zero attached hydrogens (tertiary/aromatic N) is 4. The summed E-state index contributed by atoms with van der Waals surface area (Å²) in [7, 11) is 0. The van der Waals surface area contributed by atoms with Gasteiger partial charge in [-0.15, -0.1) is 11.3 Å². The van der Waals surface area contributed by atoms with E-state index in [1.54, 1.807) is 0 Å².